The van der Waals surface area contributed by atoms with Crippen molar-refractivity contribution in [2.75, 3.05) is 17.8 Å². The van der Waals surface area contributed by atoms with Gasteiger partial charge in [-0.05, 0) is 42.8 Å². The Balaban J connectivity index is 2.46. The van der Waals surface area contributed by atoms with Gasteiger partial charge in [0.2, 0.25) is 10.0 Å². The highest BCUT2D eigenvalue weighted by molar-refractivity contribution is 7.92. The Bertz CT molecular complexity index is 1050. The van der Waals surface area contributed by atoms with Gasteiger partial charge in [-0.3, -0.25) is 4.72 Å². The van der Waals surface area contributed by atoms with Crippen LogP contribution < -0.4 is 4.72 Å². The zero-order chi connectivity index (χ0) is 20.4. The summed E-state index contributed by atoms with van der Waals surface area (Å²) in [7, 11) is -8.02. The van der Waals surface area contributed by atoms with E-state index in [1.165, 1.54) is 22.5 Å². The molecular formula is C17H20F2N2O4S2. The number of aryl methyl sites for hydroxylation is 1. The van der Waals surface area contributed by atoms with Crippen LogP contribution in [0.4, 0.5) is 14.5 Å². The molecule has 0 unspecified atom stereocenters. The molecule has 27 heavy (non-hydrogen) atoms. The predicted molar refractivity (Wildman–Crippen MR) is 98.5 cm³/mol. The lowest BCUT2D eigenvalue weighted by molar-refractivity contribution is 0.445. The second-order valence-electron chi connectivity index (χ2n) is 5.75. The Morgan fingerprint density at radius 1 is 0.889 bits per heavy atom. The van der Waals surface area contributed by atoms with E-state index >= 15 is 0 Å². The van der Waals surface area contributed by atoms with Crippen molar-refractivity contribution in [3.8, 4) is 0 Å². The van der Waals surface area contributed by atoms with Crippen LogP contribution in [0.25, 0.3) is 0 Å². The van der Waals surface area contributed by atoms with Gasteiger partial charge in [-0.25, -0.2) is 25.6 Å². The van der Waals surface area contributed by atoms with Crippen LogP contribution in [0, 0.1) is 18.6 Å². The largest absolute Gasteiger partial charge is 0.279 e. The Kier molecular flexibility index (Phi) is 6.23. The summed E-state index contributed by atoms with van der Waals surface area (Å²) in [6, 6.07) is 6.26. The van der Waals surface area contributed by atoms with E-state index in [1.807, 2.05) is 0 Å². The number of nitrogens with zero attached hydrogens (tertiary/aromatic N) is 1. The standard InChI is InChI=1S/C17H20F2N2O4S2/c1-4-21(5-2)27(24,25)14-7-6-12(3)17(11-14)20-26(22,23)13-8-9-15(18)16(19)10-13/h6-11,20H,4-5H2,1-3H3. The smallest absolute Gasteiger partial charge is 0.262 e. The third kappa shape index (κ3) is 4.45. The molecule has 148 valence electrons. The Hall–Kier alpha value is -2.04. The second-order valence-corrected chi connectivity index (χ2v) is 9.37. The summed E-state index contributed by atoms with van der Waals surface area (Å²) in [6.45, 7) is 5.52. The molecule has 0 saturated carbocycles. The van der Waals surface area contributed by atoms with Crippen molar-refractivity contribution in [2.45, 2.75) is 30.6 Å². The molecule has 0 aliphatic carbocycles. The van der Waals surface area contributed by atoms with E-state index < -0.39 is 36.6 Å². The molecule has 0 aliphatic rings. The first-order chi connectivity index (χ1) is 12.5. The van der Waals surface area contributed by atoms with Crippen LogP contribution in [0.2, 0.25) is 0 Å². The lowest BCUT2D eigenvalue weighted by atomic mass is 10.2. The van der Waals surface area contributed by atoms with Gasteiger partial charge in [0.1, 0.15) is 0 Å². The molecule has 1 N–H and O–H groups in total. The normalized spacial score (nSPS) is 12.4. The maximum absolute atomic E-state index is 13.4. The molecule has 6 nitrogen and oxygen atoms in total. The third-order valence-electron chi connectivity index (χ3n) is 4.00. The molecule has 2 aromatic carbocycles. The topological polar surface area (TPSA) is 83.6 Å². The molecule has 10 heteroatoms. The highest BCUT2D eigenvalue weighted by atomic mass is 32.2. The number of rotatable bonds is 7. The van der Waals surface area contributed by atoms with Gasteiger partial charge < -0.3 is 0 Å². The summed E-state index contributed by atoms with van der Waals surface area (Å²) in [5.74, 6) is -2.47. The number of hydrogen-bond donors (Lipinski definition) is 1. The van der Waals surface area contributed by atoms with Crippen LogP contribution in [0.15, 0.2) is 46.2 Å². The van der Waals surface area contributed by atoms with Gasteiger partial charge in [-0.2, -0.15) is 4.31 Å². The van der Waals surface area contributed by atoms with E-state index in [4.69, 9.17) is 0 Å². The Labute approximate surface area is 157 Å². The fraction of sp³-hybridized carbons (Fsp3) is 0.294. The SMILES string of the molecule is CCN(CC)S(=O)(=O)c1ccc(C)c(NS(=O)(=O)c2ccc(F)c(F)c2)c1. The van der Waals surface area contributed by atoms with Crippen molar-refractivity contribution in [1.82, 2.24) is 4.31 Å². The fourth-order valence-corrected chi connectivity index (χ4v) is 5.05. The van der Waals surface area contributed by atoms with E-state index in [2.05, 4.69) is 4.72 Å². The van der Waals surface area contributed by atoms with E-state index in [0.717, 1.165) is 6.07 Å². The van der Waals surface area contributed by atoms with Crippen LogP contribution in [-0.2, 0) is 20.0 Å². The molecular weight excluding hydrogens is 398 g/mol. The minimum Gasteiger partial charge on any atom is -0.279 e. The highest BCUT2D eigenvalue weighted by Gasteiger charge is 2.24. The predicted octanol–water partition coefficient (Wildman–Crippen LogP) is 3.10. The molecule has 0 fully saturated rings. The summed E-state index contributed by atoms with van der Waals surface area (Å²) >= 11 is 0. The summed E-state index contributed by atoms with van der Waals surface area (Å²) < 4.78 is 80.1. The lowest BCUT2D eigenvalue weighted by Crippen LogP contribution is -2.30. The minimum atomic E-state index is -4.23. The van der Waals surface area contributed by atoms with E-state index in [9.17, 15) is 25.6 Å². The number of anilines is 1. The maximum atomic E-state index is 13.4. The molecule has 0 aliphatic heterocycles. The number of hydrogen-bond acceptors (Lipinski definition) is 4. The Morgan fingerprint density at radius 3 is 2.04 bits per heavy atom. The molecule has 0 spiro atoms. The van der Waals surface area contributed by atoms with Gasteiger partial charge in [0.05, 0.1) is 15.5 Å². The number of sulfonamides is 2. The zero-order valence-electron chi connectivity index (χ0n) is 15.0. The maximum Gasteiger partial charge on any atom is 0.262 e. The van der Waals surface area contributed by atoms with Crippen molar-refractivity contribution in [1.29, 1.82) is 0 Å². The van der Waals surface area contributed by atoms with Gasteiger partial charge in [0.15, 0.2) is 11.6 Å². The summed E-state index contributed by atoms with van der Waals surface area (Å²) in [4.78, 5) is -0.544. The molecule has 2 aromatic rings. The Morgan fingerprint density at radius 2 is 1.48 bits per heavy atom. The van der Waals surface area contributed by atoms with Gasteiger partial charge in [0, 0.05) is 13.1 Å². The average Bonchev–Trinajstić information content (AvgIpc) is 2.59. The molecule has 0 bridgehead atoms. The van der Waals surface area contributed by atoms with Crippen molar-refractivity contribution in [3.63, 3.8) is 0 Å². The first-order valence-electron chi connectivity index (χ1n) is 8.11. The van der Waals surface area contributed by atoms with Crippen molar-refractivity contribution >= 4 is 25.7 Å². The third-order valence-corrected chi connectivity index (χ3v) is 7.41. The van der Waals surface area contributed by atoms with Crippen LogP contribution in [0.3, 0.4) is 0 Å². The van der Waals surface area contributed by atoms with Crippen LogP contribution in [0.1, 0.15) is 19.4 Å². The summed E-state index contributed by atoms with van der Waals surface area (Å²) in [6.07, 6.45) is 0. The molecule has 0 heterocycles. The number of nitrogens with one attached hydrogen (secondary N) is 1. The van der Waals surface area contributed by atoms with E-state index in [1.54, 1.807) is 20.8 Å². The van der Waals surface area contributed by atoms with Crippen molar-refractivity contribution in [3.05, 3.63) is 53.6 Å². The van der Waals surface area contributed by atoms with Gasteiger partial charge in [-0.15, -0.1) is 0 Å². The van der Waals surface area contributed by atoms with E-state index in [-0.39, 0.29) is 23.7 Å². The van der Waals surface area contributed by atoms with Crippen molar-refractivity contribution in [2.24, 2.45) is 0 Å². The second kappa shape index (κ2) is 7.91. The summed E-state index contributed by atoms with van der Waals surface area (Å²) in [5, 5.41) is 0. The first-order valence-corrected chi connectivity index (χ1v) is 11.0. The molecule has 0 aromatic heterocycles. The fourth-order valence-electron chi connectivity index (χ4n) is 2.43. The molecule has 0 radical (unpaired) electrons. The van der Waals surface area contributed by atoms with Crippen LogP contribution in [-0.4, -0.2) is 34.2 Å². The van der Waals surface area contributed by atoms with Crippen molar-refractivity contribution < 1.29 is 25.6 Å². The zero-order valence-corrected chi connectivity index (χ0v) is 16.7. The van der Waals surface area contributed by atoms with Gasteiger partial charge in [0.25, 0.3) is 10.0 Å². The molecule has 0 saturated heterocycles. The quantitative estimate of drug-likeness (QED) is 0.749. The van der Waals surface area contributed by atoms with E-state index in [0.29, 0.717) is 17.7 Å². The number of benzene rings is 2. The molecule has 2 rings (SSSR count). The van der Waals surface area contributed by atoms with Crippen LogP contribution >= 0.6 is 0 Å². The lowest BCUT2D eigenvalue weighted by Gasteiger charge is -2.19. The first kappa shape index (κ1) is 21.3. The van der Waals surface area contributed by atoms with Gasteiger partial charge >= 0.3 is 0 Å². The number of halogens is 2. The molecule has 0 amide bonds. The highest BCUT2D eigenvalue weighted by Crippen LogP contribution is 2.25. The molecule has 0 atom stereocenters. The van der Waals surface area contributed by atoms with Gasteiger partial charge in [-0.1, -0.05) is 19.9 Å². The van der Waals surface area contributed by atoms with Crippen LogP contribution in [0.5, 0.6) is 0 Å². The minimum absolute atomic E-state index is 0.0352. The monoisotopic (exact) mass is 418 g/mol. The average molecular weight is 418 g/mol. The summed E-state index contributed by atoms with van der Waals surface area (Å²) in [5.41, 5.74) is 0.507.